The Bertz CT molecular complexity index is 833. The fourth-order valence-electron chi connectivity index (χ4n) is 2.16. The number of thioether (sulfide) groups is 1. The van der Waals surface area contributed by atoms with Crippen molar-refractivity contribution in [2.45, 2.75) is 0 Å². The lowest BCUT2D eigenvalue weighted by atomic mass is 10.2. The number of hydrogen-bond donors (Lipinski definition) is 0. The molecule has 0 spiro atoms. The number of hydrogen-bond acceptors (Lipinski definition) is 4. The van der Waals surface area contributed by atoms with Crippen molar-refractivity contribution in [3.05, 3.63) is 76.4 Å². The van der Waals surface area contributed by atoms with E-state index in [4.69, 9.17) is 0 Å². The fraction of sp³-hybridized carbons (Fsp3) is 0.0556. The smallest absolute Gasteiger partial charge is 0.267 e. The highest BCUT2D eigenvalue weighted by Crippen LogP contribution is 2.34. The third-order valence-corrected chi connectivity index (χ3v) is 4.72. The van der Waals surface area contributed by atoms with Gasteiger partial charge in [0.25, 0.3) is 5.91 Å². The molecule has 0 aliphatic carbocycles. The maximum atomic E-state index is 12.7. The van der Waals surface area contributed by atoms with Crippen LogP contribution in [0, 0.1) is 0 Å². The molecule has 3 rings (SSSR count). The van der Waals surface area contributed by atoms with Gasteiger partial charge in [0.05, 0.1) is 16.8 Å². The highest BCUT2D eigenvalue weighted by Gasteiger charge is 2.32. The van der Waals surface area contributed by atoms with E-state index in [0.29, 0.717) is 22.3 Å². The SMILES string of the molecule is C=CCN1C(=O)/C(=C/c2cccc(Br)c2)SC1=Nc1cccnc1. The van der Waals surface area contributed by atoms with E-state index in [2.05, 4.69) is 32.5 Å². The summed E-state index contributed by atoms with van der Waals surface area (Å²) in [4.78, 5) is 23.5. The second-order valence-corrected chi connectivity index (χ2v) is 6.90. The summed E-state index contributed by atoms with van der Waals surface area (Å²) in [6.45, 7) is 4.14. The van der Waals surface area contributed by atoms with Crippen molar-refractivity contribution in [3.8, 4) is 0 Å². The summed E-state index contributed by atoms with van der Waals surface area (Å²) < 4.78 is 0.972. The Labute approximate surface area is 153 Å². The van der Waals surface area contributed by atoms with Crippen molar-refractivity contribution in [3.63, 3.8) is 0 Å². The molecule has 6 heteroatoms. The van der Waals surface area contributed by atoms with Crippen LogP contribution in [0.4, 0.5) is 5.69 Å². The van der Waals surface area contributed by atoms with E-state index in [1.54, 1.807) is 23.4 Å². The lowest BCUT2D eigenvalue weighted by Gasteiger charge is -2.12. The van der Waals surface area contributed by atoms with Crippen LogP contribution in [0.5, 0.6) is 0 Å². The van der Waals surface area contributed by atoms with Gasteiger partial charge in [-0.3, -0.25) is 14.7 Å². The molecule has 0 unspecified atom stereocenters. The zero-order chi connectivity index (χ0) is 16.9. The summed E-state index contributed by atoms with van der Waals surface area (Å²) >= 11 is 4.80. The number of aromatic nitrogens is 1. The third-order valence-electron chi connectivity index (χ3n) is 3.22. The molecule has 1 aromatic heterocycles. The summed E-state index contributed by atoms with van der Waals surface area (Å²) in [5, 5.41) is 0.633. The number of carbonyl (C=O) groups is 1. The molecule has 1 saturated heterocycles. The van der Waals surface area contributed by atoms with Crippen LogP contribution in [-0.2, 0) is 4.79 Å². The van der Waals surface area contributed by atoms with Gasteiger partial charge >= 0.3 is 0 Å². The molecule has 24 heavy (non-hydrogen) atoms. The van der Waals surface area contributed by atoms with E-state index in [9.17, 15) is 4.79 Å². The molecular weight excluding hydrogens is 386 g/mol. The number of pyridine rings is 1. The lowest BCUT2D eigenvalue weighted by molar-refractivity contribution is -0.121. The van der Waals surface area contributed by atoms with Crippen molar-refractivity contribution in [1.29, 1.82) is 0 Å². The Hall–Kier alpha value is -2.18. The van der Waals surface area contributed by atoms with Crippen LogP contribution < -0.4 is 0 Å². The summed E-state index contributed by atoms with van der Waals surface area (Å²) in [7, 11) is 0. The minimum absolute atomic E-state index is 0.0671. The highest BCUT2D eigenvalue weighted by atomic mass is 79.9. The molecule has 0 bridgehead atoms. The second kappa shape index (κ2) is 7.59. The first kappa shape index (κ1) is 16.7. The molecule has 2 heterocycles. The number of rotatable bonds is 4. The summed E-state index contributed by atoms with van der Waals surface area (Å²) in [5.41, 5.74) is 1.67. The number of halogens is 1. The van der Waals surface area contributed by atoms with Crippen LogP contribution in [0.15, 0.2) is 75.8 Å². The summed E-state index contributed by atoms with van der Waals surface area (Å²) in [5.74, 6) is -0.0671. The van der Waals surface area contributed by atoms with Crippen molar-refractivity contribution in [2.75, 3.05) is 6.54 Å². The quantitative estimate of drug-likeness (QED) is 0.555. The van der Waals surface area contributed by atoms with E-state index in [0.717, 1.165) is 10.0 Å². The maximum Gasteiger partial charge on any atom is 0.267 e. The van der Waals surface area contributed by atoms with Crippen molar-refractivity contribution >= 4 is 50.5 Å². The predicted molar refractivity (Wildman–Crippen MR) is 103 cm³/mol. The van der Waals surface area contributed by atoms with Gasteiger partial charge in [0.1, 0.15) is 0 Å². The zero-order valence-electron chi connectivity index (χ0n) is 12.7. The molecular formula is C18H14BrN3OS. The maximum absolute atomic E-state index is 12.7. The topological polar surface area (TPSA) is 45.6 Å². The first-order valence-corrected chi connectivity index (χ1v) is 8.85. The van der Waals surface area contributed by atoms with Gasteiger partial charge in [-0.15, -0.1) is 6.58 Å². The monoisotopic (exact) mass is 399 g/mol. The van der Waals surface area contributed by atoms with Crippen LogP contribution in [-0.4, -0.2) is 27.5 Å². The van der Waals surface area contributed by atoms with Gasteiger partial charge in [-0.05, 0) is 47.7 Å². The molecule has 1 amide bonds. The van der Waals surface area contributed by atoms with Gasteiger partial charge in [-0.2, -0.15) is 0 Å². The minimum Gasteiger partial charge on any atom is -0.283 e. The molecule has 0 radical (unpaired) electrons. The molecule has 1 fully saturated rings. The molecule has 0 saturated carbocycles. The van der Waals surface area contributed by atoms with E-state index in [-0.39, 0.29) is 5.91 Å². The van der Waals surface area contributed by atoms with Crippen LogP contribution in [0.25, 0.3) is 6.08 Å². The Morgan fingerprint density at radius 2 is 2.21 bits per heavy atom. The average Bonchev–Trinajstić information content (AvgIpc) is 2.85. The van der Waals surface area contributed by atoms with E-state index in [1.165, 1.54) is 11.8 Å². The second-order valence-electron chi connectivity index (χ2n) is 4.98. The number of amides is 1. The summed E-state index contributed by atoms with van der Waals surface area (Å²) in [6.07, 6.45) is 6.93. The Morgan fingerprint density at radius 3 is 2.92 bits per heavy atom. The summed E-state index contributed by atoms with van der Waals surface area (Å²) in [6, 6.07) is 11.5. The van der Waals surface area contributed by atoms with Gasteiger partial charge in [-0.1, -0.05) is 34.1 Å². The first-order chi connectivity index (χ1) is 11.7. The van der Waals surface area contributed by atoms with E-state index < -0.39 is 0 Å². The normalized spacial score (nSPS) is 17.7. The lowest BCUT2D eigenvalue weighted by Crippen LogP contribution is -2.29. The van der Waals surface area contributed by atoms with Crippen LogP contribution >= 0.6 is 27.7 Å². The van der Waals surface area contributed by atoms with Gasteiger partial charge < -0.3 is 0 Å². The zero-order valence-corrected chi connectivity index (χ0v) is 15.1. The molecule has 2 aromatic rings. The Kier molecular flexibility index (Phi) is 5.27. The van der Waals surface area contributed by atoms with E-state index >= 15 is 0 Å². The average molecular weight is 400 g/mol. The minimum atomic E-state index is -0.0671. The standard InChI is InChI=1S/C18H14BrN3OS/c1-2-9-22-17(23)16(11-13-5-3-6-14(19)10-13)24-18(22)21-15-7-4-8-20-12-15/h2-8,10-12H,1,9H2/b16-11-,21-18?. The third kappa shape index (κ3) is 3.83. The van der Waals surface area contributed by atoms with Crippen molar-refractivity contribution < 1.29 is 4.79 Å². The molecule has 1 aliphatic rings. The molecule has 0 N–H and O–H groups in total. The van der Waals surface area contributed by atoms with Crippen molar-refractivity contribution in [1.82, 2.24) is 9.88 Å². The van der Waals surface area contributed by atoms with Crippen LogP contribution in [0.2, 0.25) is 0 Å². The number of aliphatic imine (C=N–C) groups is 1. The van der Waals surface area contributed by atoms with Gasteiger partial charge in [0, 0.05) is 17.2 Å². The largest absolute Gasteiger partial charge is 0.283 e. The van der Waals surface area contributed by atoms with E-state index in [1.807, 2.05) is 42.5 Å². The predicted octanol–water partition coefficient (Wildman–Crippen LogP) is 4.63. The Balaban J connectivity index is 1.95. The van der Waals surface area contributed by atoms with Gasteiger partial charge in [0.15, 0.2) is 5.17 Å². The molecule has 0 atom stereocenters. The van der Waals surface area contributed by atoms with Gasteiger partial charge in [-0.25, -0.2) is 4.99 Å². The molecule has 1 aromatic carbocycles. The number of carbonyl (C=O) groups excluding carboxylic acids is 1. The molecule has 120 valence electrons. The van der Waals surface area contributed by atoms with Crippen LogP contribution in [0.3, 0.4) is 0 Å². The number of benzene rings is 1. The van der Waals surface area contributed by atoms with Gasteiger partial charge in [0.2, 0.25) is 0 Å². The fourth-order valence-corrected chi connectivity index (χ4v) is 3.58. The van der Waals surface area contributed by atoms with Crippen LogP contribution in [0.1, 0.15) is 5.56 Å². The number of amidine groups is 1. The first-order valence-electron chi connectivity index (χ1n) is 7.24. The number of nitrogens with zero attached hydrogens (tertiary/aromatic N) is 3. The Morgan fingerprint density at radius 1 is 1.33 bits per heavy atom. The molecule has 4 nitrogen and oxygen atoms in total. The molecule has 1 aliphatic heterocycles. The highest BCUT2D eigenvalue weighted by molar-refractivity contribution is 9.10. The van der Waals surface area contributed by atoms with Crippen molar-refractivity contribution in [2.24, 2.45) is 4.99 Å².